The molecule has 6 heteroatoms. The lowest BCUT2D eigenvalue weighted by Gasteiger charge is -1.96. The van der Waals surface area contributed by atoms with Crippen LogP contribution in [0.1, 0.15) is 5.56 Å². The number of hydrogen-bond donors (Lipinski definition) is 0. The molecule has 2 rings (SSSR count). The van der Waals surface area contributed by atoms with Crippen LogP contribution in [0.3, 0.4) is 0 Å². The Hall–Kier alpha value is -1.98. The van der Waals surface area contributed by atoms with Gasteiger partial charge in [0.1, 0.15) is 12.5 Å². The van der Waals surface area contributed by atoms with Gasteiger partial charge in [-0.2, -0.15) is 5.10 Å². The van der Waals surface area contributed by atoms with Crippen molar-refractivity contribution in [2.24, 2.45) is 0 Å². The number of nitrogens with zero attached hydrogens (tertiary/aromatic N) is 4. The van der Waals surface area contributed by atoms with Crippen molar-refractivity contribution in [3.8, 4) is 0 Å². The highest BCUT2D eigenvalue weighted by Gasteiger charge is 2.12. The molecule has 0 amide bonds. The van der Waals surface area contributed by atoms with Crippen molar-refractivity contribution in [3.63, 3.8) is 0 Å². The lowest BCUT2D eigenvalue weighted by atomic mass is 10.2. The fraction of sp³-hybridized carbons (Fsp3) is 0.143. The summed E-state index contributed by atoms with van der Waals surface area (Å²) in [6.07, 6.45) is 2.72. The Morgan fingerprint density at radius 1 is 1.62 bits per heavy atom. The highest BCUT2D eigenvalue weighted by Crippen LogP contribution is 2.17. The number of fused-ring (bicyclic) bond motifs is 1. The average Bonchev–Trinajstić information content (AvgIpc) is 2.48. The largest absolute Gasteiger partial charge is 0.290 e. The van der Waals surface area contributed by atoms with E-state index < -0.39 is 4.92 Å². The van der Waals surface area contributed by atoms with E-state index in [9.17, 15) is 10.1 Å². The molecule has 0 saturated carbocycles. The third-order valence-corrected chi connectivity index (χ3v) is 1.79. The van der Waals surface area contributed by atoms with Crippen LogP contribution in [0.5, 0.6) is 0 Å². The minimum atomic E-state index is -0.434. The van der Waals surface area contributed by atoms with Crippen LogP contribution in [0.4, 0.5) is 5.69 Å². The predicted octanol–water partition coefficient (Wildman–Crippen LogP) is 0.946. The van der Waals surface area contributed by atoms with E-state index in [0.29, 0.717) is 11.2 Å². The predicted molar refractivity (Wildman–Crippen MR) is 44.4 cm³/mol. The zero-order valence-electron chi connectivity index (χ0n) is 6.84. The number of nitro groups is 1. The Balaban J connectivity index is 2.76. The molecule has 6 nitrogen and oxygen atoms in total. The van der Waals surface area contributed by atoms with Gasteiger partial charge < -0.3 is 0 Å². The Morgan fingerprint density at radius 3 is 3.08 bits per heavy atom. The van der Waals surface area contributed by atoms with Crippen LogP contribution >= 0.6 is 0 Å². The lowest BCUT2D eigenvalue weighted by Crippen LogP contribution is -1.96. The molecule has 0 saturated heterocycles. The van der Waals surface area contributed by atoms with Gasteiger partial charge in [0.15, 0.2) is 5.65 Å². The molecule has 2 heterocycles. The van der Waals surface area contributed by atoms with E-state index in [2.05, 4.69) is 10.1 Å². The van der Waals surface area contributed by atoms with Gasteiger partial charge >= 0.3 is 0 Å². The van der Waals surface area contributed by atoms with Crippen LogP contribution in [0.15, 0.2) is 18.6 Å². The molecule has 0 radical (unpaired) electrons. The molecule has 0 N–H and O–H groups in total. The molecule has 0 aliphatic rings. The molecule has 0 aromatic carbocycles. The third-order valence-electron chi connectivity index (χ3n) is 1.79. The quantitative estimate of drug-likeness (QED) is 0.481. The summed E-state index contributed by atoms with van der Waals surface area (Å²) in [5, 5.41) is 14.3. The van der Waals surface area contributed by atoms with Crippen LogP contribution in [-0.4, -0.2) is 19.5 Å². The first-order chi connectivity index (χ1) is 6.18. The van der Waals surface area contributed by atoms with Crippen molar-refractivity contribution in [3.05, 3.63) is 34.3 Å². The lowest BCUT2D eigenvalue weighted by molar-refractivity contribution is -0.385. The van der Waals surface area contributed by atoms with Gasteiger partial charge in [-0.05, 0) is 13.0 Å². The SMILES string of the molecule is Cc1cc2ncnn2cc1[N+](=O)[O-]. The highest BCUT2D eigenvalue weighted by atomic mass is 16.6. The summed E-state index contributed by atoms with van der Waals surface area (Å²) in [7, 11) is 0. The van der Waals surface area contributed by atoms with Crippen molar-refractivity contribution in [2.45, 2.75) is 6.92 Å². The summed E-state index contributed by atoms with van der Waals surface area (Å²) in [5.41, 5.74) is 1.26. The van der Waals surface area contributed by atoms with Crippen molar-refractivity contribution >= 4 is 11.3 Å². The van der Waals surface area contributed by atoms with E-state index in [1.54, 1.807) is 13.0 Å². The molecule has 13 heavy (non-hydrogen) atoms. The van der Waals surface area contributed by atoms with Crippen molar-refractivity contribution in [2.75, 3.05) is 0 Å². The standard InChI is InChI=1S/C7H6N4O2/c1-5-2-7-8-4-9-10(7)3-6(5)11(12)13/h2-4H,1H3. The molecule has 0 atom stereocenters. The van der Waals surface area contributed by atoms with E-state index in [-0.39, 0.29) is 5.69 Å². The molecule has 0 aliphatic carbocycles. The molecule has 66 valence electrons. The summed E-state index contributed by atoms with van der Waals surface area (Å²) < 4.78 is 1.38. The van der Waals surface area contributed by atoms with Gasteiger partial charge in [-0.25, -0.2) is 9.50 Å². The number of rotatable bonds is 1. The molecule has 2 aromatic rings. The minimum Gasteiger partial charge on any atom is -0.258 e. The second-order valence-corrected chi connectivity index (χ2v) is 2.66. The Kier molecular flexibility index (Phi) is 1.48. The summed E-state index contributed by atoms with van der Waals surface area (Å²) in [4.78, 5) is 14.0. The van der Waals surface area contributed by atoms with Crippen molar-refractivity contribution in [1.29, 1.82) is 0 Å². The normalized spacial score (nSPS) is 10.5. The zero-order chi connectivity index (χ0) is 9.42. The Bertz CT molecular complexity index is 476. The number of aromatic nitrogens is 3. The van der Waals surface area contributed by atoms with Gasteiger partial charge in [-0.15, -0.1) is 0 Å². The van der Waals surface area contributed by atoms with E-state index in [1.807, 2.05) is 0 Å². The van der Waals surface area contributed by atoms with Crippen molar-refractivity contribution in [1.82, 2.24) is 14.6 Å². The van der Waals surface area contributed by atoms with Crippen LogP contribution in [0, 0.1) is 17.0 Å². The maximum Gasteiger partial charge on any atom is 0.290 e. The summed E-state index contributed by atoms with van der Waals surface area (Å²) in [6.45, 7) is 1.67. The van der Waals surface area contributed by atoms with Crippen LogP contribution in [0.2, 0.25) is 0 Å². The van der Waals surface area contributed by atoms with Gasteiger partial charge in [0.05, 0.1) is 4.92 Å². The smallest absolute Gasteiger partial charge is 0.258 e. The number of pyridine rings is 1. The number of hydrogen-bond acceptors (Lipinski definition) is 4. The third kappa shape index (κ3) is 1.12. The Morgan fingerprint density at radius 2 is 2.38 bits per heavy atom. The molecular weight excluding hydrogens is 172 g/mol. The minimum absolute atomic E-state index is 0.0537. The van der Waals surface area contributed by atoms with Crippen molar-refractivity contribution < 1.29 is 4.92 Å². The fourth-order valence-electron chi connectivity index (χ4n) is 1.14. The summed E-state index contributed by atoms with van der Waals surface area (Å²) >= 11 is 0. The second kappa shape index (κ2) is 2.51. The summed E-state index contributed by atoms with van der Waals surface area (Å²) in [5.74, 6) is 0. The first-order valence-corrected chi connectivity index (χ1v) is 3.63. The maximum absolute atomic E-state index is 10.5. The topological polar surface area (TPSA) is 73.3 Å². The van der Waals surface area contributed by atoms with Gasteiger partial charge in [0.25, 0.3) is 5.69 Å². The van der Waals surface area contributed by atoms with Crippen LogP contribution in [0.25, 0.3) is 5.65 Å². The molecule has 0 bridgehead atoms. The van der Waals surface area contributed by atoms with Gasteiger partial charge in [0.2, 0.25) is 0 Å². The zero-order valence-corrected chi connectivity index (χ0v) is 6.84. The molecule has 2 aromatic heterocycles. The first kappa shape index (κ1) is 7.66. The van der Waals surface area contributed by atoms with Gasteiger partial charge in [-0.1, -0.05) is 0 Å². The summed E-state index contributed by atoms with van der Waals surface area (Å²) in [6, 6.07) is 1.63. The van der Waals surface area contributed by atoms with Crippen LogP contribution in [-0.2, 0) is 0 Å². The van der Waals surface area contributed by atoms with E-state index in [0.717, 1.165) is 0 Å². The molecule has 0 fully saturated rings. The van der Waals surface area contributed by atoms with Gasteiger partial charge in [0, 0.05) is 5.56 Å². The first-order valence-electron chi connectivity index (χ1n) is 3.63. The highest BCUT2D eigenvalue weighted by molar-refractivity contribution is 5.48. The average molecular weight is 178 g/mol. The van der Waals surface area contributed by atoms with E-state index in [4.69, 9.17) is 0 Å². The van der Waals surface area contributed by atoms with E-state index in [1.165, 1.54) is 17.0 Å². The molecule has 0 aliphatic heterocycles. The Labute approximate surface area is 73.0 Å². The van der Waals surface area contributed by atoms with Crippen LogP contribution < -0.4 is 0 Å². The second-order valence-electron chi connectivity index (χ2n) is 2.66. The monoisotopic (exact) mass is 178 g/mol. The molecule has 0 unspecified atom stereocenters. The maximum atomic E-state index is 10.5. The fourth-order valence-corrected chi connectivity index (χ4v) is 1.14. The molecule has 0 spiro atoms. The van der Waals surface area contributed by atoms with Gasteiger partial charge in [-0.3, -0.25) is 10.1 Å². The molecular formula is C7H6N4O2. The number of aryl methyl sites for hydroxylation is 1. The van der Waals surface area contributed by atoms with E-state index >= 15 is 0 Å².